The van der Waals surface area contributed by atoms with Gasteiger partial charge in [-0.2, -0.15) is 0 Å². The van der Waals surface area contributed by atoms with Crippen LogP contribution in [0.15, 0.2) is 12.1 Å². The van der Waals surface area contributed by atoms with Crippen LogP contribution in [0.3, 0.4) is 0 Å². The maximum atomic E-state index is 10.8. The van der Waals surface area contributed by atoms with Gasteiger partial charge in [-0.25, -0.2) is 0 Å². The maximum Gasteiger partial charge on any atom is 0.269 e. The minimum absolute atomic E-state index is 0.169. The monoisotopic (exact) mass is 222 g/mol. The molecule has 86 valence electrons. The fourth-order valence-electron chi connectivity index (χ4n) is 1.58. The number of nitrogens with two attached hydrogens (primary N) is 1. The molecule has 0 spiro atoms. The van der Waals surface area contributed by atoms with E-state index in [1.54, 1.807) is 12.1 Å². The van der Waals surface area contributed by atoms with Crippen LogP contribution in [-0.2, 0) is 4.74 Å². The van der Waals surface area contributed by atoms with Gasteiger partial charge in [-0.3, -0.25) is 4.79 Å². The van der Waals surface area contributed by atoms with Gasteiger partial charge in [-0.05, 0) is 25.0 Å². The summed E-state index contributed by atoms with van der Waals surface area (Å²) in [5, 5.41) is 10.6. The third-order valence-electron chi connectivity index (χ3n) is 2.45. The van der Waals surface area contributed by atoms with Gasteiger partial charge in [0.15, 0.2) is 5.69 Å². The van der Waals surface area contributed by atoms with Crippen molar-refractivity contribution in [2.75, 3.05) is 18.5 Å². The highest BCUT2D eigenvalue weighted by molar-refractivity contribution is 5.90. The van der Waals surface area contributed by atoms with Gasteiger partial charge in [0.25, 0.3) is 5.91 Å². The van der Waals surface area contributed by atoms with E-state index in [0.717, 1.165) is 19.4 Å². The summed E-state index contributed by atoms with van der Waals surface area (Å²) in [6.45, 7) is 1.54. The SMILES string of the molecule is NC(=O)c1ccc(NCC2CCCO2)nn1. The van der Waals surface area contributed by atoms with E-state index in [1.165, 1.54) is 0 Å². The van der Waals surface area contributed by atoms with Crippen molar-refractivity contribution >= 4 is 11.7 Å². The molecule has 1 unspecified atom stereocenters. The summed E-state index contributed by atoms with van der Waals surface area (Å²) in [6, 6.07) is 3.23. The van der Waals surface area contributed by atoms with E-state index < -0.39 is 5.91 Å². The van der Waals surface area contributed by atoms with Crippen LogP contribution in [0.4, 0.5) is 5.82 Å². The average Bonchev–Trinajstić information content (AvgIpc) is 2.80. The number of ether oxygens (including phenoxy) is 1. The highest BCUT2D eigenvalue weighted by Crippen LogP contribution is 2.12. The van der Waals surface area contributed by atoms with Crippen LogP contribution in [-0.4, -0.2) is 35.4 Å². The maximum absolute atomic E-state index is 10.8. The summed E-state index contributed by atoms with van der Waals surface area (Å²) in [6.07, 6.45) is 2.43. The molecular weight excluding hydrogens is 208 g/mol. The molecule has 1 aromatic rings. The Labute approximate surface area is 93.2 Å². The Kier molecular flexibility index (Phi) is 3.31. The third-order valence-corrected chi connectivity index (χ3v) is 2.45. The van der Waals surface area contributed by atoms with Crippen LogP contribution in [0, 0.1) is 0 Å². The first-order valence-corrected chi connectivity index (χ1v) is 5.25. The number of anilines is 1. The van der Waals surface area contributed by atoms with Gasteiger partial charge in [-0.1, -0.05) is 0 Å². The second-order valence-corrected chi connectivity index (χ2v) is 3.68. The van der Waals surface area contributed by atoms with Gasteiger partial charge < -0.3 is 15.8 Å². The van der Waals surface area contributed by atoms with Gasteiger partial charge >= 0.3 is 0 Å². The number of hydrogen-bond donors (Lipinski definition) is 2. The highest BCUT2D eigenvalue weighted by Gasteiger charge is 2.15. The number of aromatic nitrogens is 2. The van der Waals surface area contributed by atoms with Crippen LogP contribution in [0.1, 0.15) is 23.3 Å². The van der Waals surface area contributed by atoms with Gasteiger partial charge in [0.1, 0.15) is 5.82 Å². The van der Waals surface area contributed by atoms with Gasteiger partial charge in [0.05, 0.1) is 6.10 Å². The topological polar surface area (TPSA) is 90.1 Å². The second-order valence-electron chi connectivity index (χ2n) is 3.68. The zero-order valence-corrected chi connectivity index (χ0v) is 8.85. The number of nitrogens with zero attached hydrogens (tertiary/aromatic N) is 2. The van der Waals surface area contributed by atoms with Crippen LogP contribution in [0.5, 0.6) is 0 Å². The molecule has 2 heterocycles. The molecule has 1 amide bonds. The third kappa shape index (κ3) is 2.66. The first-order chi connectivity index (χ1) is 7.75. The molecule has 2 rings (SSSR count). The lowest BCUT2D eigenvalue weighted by molar-refractivity contribution is 0.0994. The molecule has 16 heavy (non-hydrogen) atoms. The highest BCUT2D eigenvalue weighted by atomic mass is 16.5. The smallest absolute Gasteiger partial charge is 0.269 e. The summed E-state index contributed by atoms with van der Waals surface area (Å²) in [5.74, 6) is 0.0543. The molecule has 0 saturated carbocycles. The second kappa shape index (κ2) is 4.89. The molecule has 1 saturated heterocycles. The molecule has 1 atom stereocenters. The Morgan fingerprint density at radius 1 is 1.56 bits per heavy atom. The minimum atomic E-state index is -0.571. The minimum Gasteiger partial charge on any atom is -0.376 e. The molecule has 1 aliphatic heterocycles. The van der Waals surface area contributed by atoms with Gasteiger partial charge in [-0.15, -0.1) is 10.2 Å². The normalized spacial score (nSPS) is 19.6. The number of amides is 1. The van der Waals surface area contributed by atoms with Crippen LogP contribution in [0.25, 0.3) is 0 Å². The number of carbonyl (C=O) groups excluding carboxylic acids is 1. The predicted molar refractivity (Wildman–Crippen MR) is 58.0 cm³/mol. The van der Waals surface area contributed by atoms with E-state index in [1.807, 2.05) is 0 Å². The van der Waals surface area contributed by atoms with Crippen LogP contribution < -0.4 is 11.1 Å². The first-order valence-electron chi connectivity index (χ1n) is 5.25. The Morgan fingerprint density at radius 3 is 3.00 bits per heavy atom. The van der Waals surface area contributed by atoms with E-state index in [-0.39, 0.29) is 11.8 Å². The average molecular weight is 222 g/mol. The molecule has 1 fully saturated rings. The Morgan fingerprint density at radius 2 is 2.44 bits per heavy atom. The fraction of sp³-hybridized carbons (Fsp3) is 0.500. The first kappa shape index (κ1) is 10.8. The van der Waals surface area contributed by atoms with Crippen LogP contribution >= 0.6 is 0 Å². The van der Waals surface area contributed by atoms with Gasteiger partial charge in [0.2, 0.25) is 0 Å². The summed E-state index contributed by atoms with van der Waals surface area (Å²) in [7, 11) is 0. The number of rotatable bonds is 4. The Hall–Kier alpha value is -1.69. The predicted octanol–water partition coefficient (Wildman–Crippen LogP) is 0.166. The molecule has 6 heteroatoms. The lowest BCUT2D eigenvalue weighted by Gasteiger charge is -2.10. The standard InChI is InChI=1S/C10H14N4O2/c11-10(15)8-3-4-9(14-13-8)12-6-7-2-1-5-16-7/h3-4,7H,1-2,5-6H2,(H2,11,15)(H,12,14). The lowest BCUT2D eigenvalue weighted by atomic mass is 10.2. The lowest BCUT2D eigenvalue weighted by Crippen LogP contribution is -2.20. The molecule has 6 nitrogen and oxygen atoms in total. The van der Waals surface area contributed by atoms with Crippen molar-refractivity contribution < 1.29 is 9.53 Å². The molecular formula is C10H14N4O2. The van der Waals surface area contributed by atoms with Gasteiger partial charge in [0, 0.05) is 13.2 Å². The van der Waals surface area contributed by atoms with E-state index in [9.17, 15) is 4.79 Å². The van der Waals surface area contributed by atoms with Crippen molar-refractivity contribution in [2.45, 2.75) is 18.9 Å². The molecule has 1 aliphatic rings. The number of carbonyl (C=O) groups is 1. The van der Waals surface area contributed by atoms with E-state index in [0.29, 0.717) is 12.4 Å². The summed E-state index contributed by atoms with van der Waals surface area (Å²) in [5.41, 5.74) is 5.22. The molecule has 0 aromatic carbocycles. The van der Waals surface area contributed by atoms with E-state index in [2.05, 4.69) is 15.5 Å². The van der Waals surface area contributed by atoms with Crippen molar-refractivity contribution in [3.8, 4) is 0 Å². The molecule has 0 aliphatic carbocycles. The summed E-state index contributed by atoms with van der Waals surface area (Å²) < 4.78 is 5.45. The van der Waals surface area contributed by atoms with Crippen molar-refractivity contribution in [1.82, 2.24) is 10.2 Å². The van der Waals surface area contributed by atoms with Crippen molar-refractivity contribution in [3.63, 3.8) is 0 Å². The van der Waals surface area contributed by atoms with Crippen molar-refractivity contribution in [3.05, 3.63) is 17.8 Å². The summed E-state index contributed by atoms with van der Waals surface area (Å²) in [4.78, 5) is 10.8. The fourth-order valence-corrected chi connectivity index (χ4v) is 1.58. The van der Waals surface area contributed by atoms with Crippen LogP contribution in [0.2, 0.25) is 0 Å². The van der Waals surface area contributed by atoms with Crippen molar-refractivity contribution in [1.29, 1.82) is 0 Å². The Bertz CT molecular complexity index is 360. The molecule has 0 radical (unpaired) electrons. The number of hydrogen-bond acceptors (Lipinski definition) is 5. The molecule has 3 N–H and O–H groups in total. The zero-order valence-electron chi connectivity index (χ0n) is 8.85. The number of nitrogens with one attached hydrogen (secondary N) is 1. The molecule has 1 aromatic heterocycles. The quantitative estimate of drug-likeness (QED) is 0.757. The molecule has 0 bridgehead atoms. The number of primary amides is 1. The Balaban J connectivity index is 1.87. The van der Waals surface area contributed by atoms with Crippen molar-refractivity contribution in [2.24, 2.45) is 5.73 Å². The summed E-state index contributed by atoms with van der Waals surface area (Å²) >= 11 is 0. The van der Waals surface area contributed by atoms with E-state index >= 15 is 0 Å². The zero-order chi connectivity index (χ0) is 11.4. The largest absolute Gasteiger partial charge is 0.376 e. The van der Waals surface area contributed by atoms with E-state index in [4.69, 9.17) is 10.5 Å².